The molecule has 2 aromatic rings. The van der Waals surface area contributed by atoms with E-state index in [0.717, 1.165) is 44.3 Å². The molecule has 2 heterocycles. The third-order valence-electron chi connectivity index (χ3n) is 4.04. The lowest BCUT2D eigenvalue weighted by Crippen LogP contribution is -2.39. The van der Waals surface area contributed by atoms with Crippen molar-refractivity contribution in [3.63, 3.8) is 0 Å². The van der Waals surface area contributed by atoms with E-state index in [-0.39, 0.29) is 0 Å². The quantitative estimate of drug-likeness (QED) is 0.481. The number of hydrogen-bond acceptors (Lipinski definition) is 2. The Balaban J connectivity index is 1.90. The second-order valence-electron chi connectivity index (χ2n) is 6.21. The second kappa shape index (κ2) is 8.57. The van der Waals surface area contributed by atoms with Crippen LogP contribution in [0.15, 0.2) is 29.4 Å². The minimum absolute atomic E-state index is 0.790. The molecule has 0 fully saturated rings. The standard InChI is InChI=1S/C18H30N6/c1-6-19-18(23(5)14-17-9-7-11-22(17)4)20-10-8-12-24-16(3)13-15(2)21-24/h7,9,11,13H,6,8,10,12,14H2,1-5H3,(H,19,20). The number of aryl methyl sites for hydroxylation is 4. The van der Waals surface area contributed by atoms with E-state index < -0.39 is 0 Å². The van der Waals surface area contributed by atoms with Gasteiger partial charge in [0.05, 0.1) is 12.2 Å². The fraction of sp³-hybridized carbons (Fsp3) is 0.556. The van der Waals surface area contributed by atoms with Gasteiger partial charge in [0.2, 0.25) is 0 Å². The van der Waals surface area contributed by atoms with E-state index in [9.17, 15) is 0 Å². The minimum Gasteiger partial charge on any atom is -0.357 e. The van der Waals surface area contributed by atoms with Crippen molar-refractivity contribution in [1.29, 1.82) is 0 Å². The highest BCUT2D eigenvalue weighted by atomic mass is 15.3. The molecular weight excluding hydrogens is 300 g/mol. The van der Waals surface area contributed by atoms with Crippen LogP contribution in [0.2, 0.25) is 0 Å². The number of hydrogen-bond donors (Lipinski definition) is 1. The minimum atomic E-state index is 0.790. The van der Waals surface area contributed by atoms with Gasteiger partial charge in [0.1, 0.15) is 0 Å². The van der Waals surface area contributed by atoms with Crippen molar-refractivity contribution in [2.75, 3.05) is 20.1 Å². The largest absolute Gasteiger partial charge is 0.357 e. The number of nitrogens with zero attached hydrogens (tertiary/aromatic N) is 5. The highest BCUT2D eigenvalue weighted by Gasteiger charge is 2.08. The first-order valence-corrected chi connectivity index (χ1v) is 8.62. The van der Waals surface area contributed by atoms with Crippen LogP contribution >= 0.6 is 0 Å². The third kappa shape index (κ3) is 4.88. The zero-order valence-electron chi connectivity index (χ0n) is 15.6. The number of rotatable bonds is 7. The molecule has 1 N–H and O–H groups in total. The molecule has 0 atom stereocenters. The first-order valence-electron chi connectivity index (χ1n) is 8.62. The fourth-order valence-corrected chi connectivity index (χ4v) is 2.76. The Labute approximate surface area is 145 Å². The van der Waals surface area contributed by atoms with Gasteiger partial charge in [-0.3, -0.25) is 9.67 Å². The molecule has 0 bridgehead atoms. The summed E-state index contributed by atoms with van der Waals surface area (Å²) in [5, 5.41) is 7.87. The lowest BCUT2D eigenvalue weighted by Gasteiger charge is -2.22. The smallest absolute Gasteiger partial charge is 0.194 e. The van der Waals surface area contributed by atoms with Crippen molar-refractivity contribution in [2.24, 2.45) is 12.0 Å². The highest BCUT2D eigenvalue weighted by Crippen LogP contribution is 2.05. The molecule has 0 aliphatic carbocycles. The third-order valence-corrected chi connectivity index (χ3v) is 4.04. The summed E-state index contributed by atoms with van der Waals surface area (Å²) >= 11 is 0. The number of guanidine groups is 1. The van der Waals surface area contributed by atoms with Gasteiger partial charge < -0.3 is 14.8 Å². The first kappa shape index (κ1) is 18.1. The van der Waals surface area contributed by atoms with Gasteiger partial charge in [-0.15, -0.1) is 0 Å². The van der Waals surface area contributed by atoms with Crippen molar-refractivity contribution < 1.29 is 0 Å². The van der Waals surface area contributed by atoms with Crippen LogP contribution in [0.3, 0.4) is 0 Å². The summed E-state index contributed by atoms with van der Waals surface area (Å²) in [5.74, 6) is 0.951. The van der Waals surface area contributed by atoms with E-state index in [2.05, 4.69) is 76.9 Å². The van der Waals surface area contributed by atoms with E-state index in [1.165, 1.54) is 11.4 Å². The summed E-state index contributed by atoms with van der Waals surface area (Å²) in [7, 11) is 4.15. The summed E-state index contributed by atoms with van der Waals surface area (Å²) in [5.41, 5.74) is 3.56. The molecule has 2 aromatic heterocycles. The lowest BCUT2D eigenvalue weighted by molar-refractivity contribution is 0.460. The van der Waals surface area contributed by atoms with E-state index in [1.54, 1.807) is 0 Å². The number of nitrogens with one attached hydrogen (secondary N) is 1. The van der Waals surface area contributed by atoms with Crippen LogP contribution in [-0.2, 0) is 20.1 Å². The van der Waals surface area contributed by atoms with Crippen molar-refractivity contribution >= 4 is 5.96 Å². The van der Waals surface area contributed by atoms with Crippen molar-refractivity contribution in [3.05, 3.63) is 41.5 Å². The normalized spacial score (nSPS) is 11.8. The van der Waals surface area contributed by atoms with Gasteiger partial charge in [0.25, 0.3) is 0 Å². The van der Waals surface area contributed by atoms with E-state index in [4.69, 9.17) is 4.99 Å². The molecule has 0 saturated heterocycles. The Kier molecular flexibility index (Phi) is 6.46. The maximum absolute atomic E-state index is 4.76. The van der Waals surface area contributed by atoms with E-state index >= 15 is 0 Å². The molecule has 0 saturated carbocycles. The average molecular weight is 330 g/mol. The average Bonchev–Trinajstić information content (AvgIpc) is 3.07. The predicted octanol–water partition coefficient (Wildman–Crippen LogP) is 2.33. The maximum Gasteiger partial charge on any atom is 0.194 e. The Morgan fingerprint density at radius 2 is 2.17 bits per heavy atom. The number of aromatic nitrogens is 3. The van der Waals surface area contributed by atoms with Crippen LogP contribution < -0.4 is 5.32 Å². The number of aliphatic imine (C=N–C) groups is 1. The van der Waals surface area contributed by atoms with E-state index in [0.29, 0.717) is 0 Å². The lowest BCUT2D eigenvalue weighted by atomic mass is 10.4. The Bertz CT molecular complexity index is 667. The van der Waals surface area contributed by atoms with Crippen molar-refractivity contribution in [2.45, 2.75) is 40.3 Å². The van der Waals surface area contributed by atoms with Crippen LogP contribution in [0.1, 0.15) is 30.4 Å². The summed E-state index contributed by atoms with van der Waals surface area (Å²) in [4.78, 5) is 6.93. The van der Waals surface area contributed by atoms with Crippen LogP contribution in [0, 0.1) is 13.8 Å². The molecule has 0 radical (unpaired) electrons. The van der Waals surface area contributed by atoms with Gasteiger partial charge in [0.15, 0.2) is 5.96 Å². The van der Waals surface area contributed by atoms with Gasteiger partial charge in [-0.1, -0.05) is 0 Å². The van der Waals surface area contributed by atoms with Gasteiger partial charge in [0, 0.05) is 51.3 Å². The van der Waals surface area contributed by atoms with Crippen LogP contribution in [0.25, 0.3) is 0 Å². The molecule has 0 aliphatic rings. The first-order chi connectivity index (χ1) is 11.5. The SMILES string of the molecule is CCNC(=NCCCn1nc(C)cc1C)N(C)Cc1cccn1C. The summed E-state index contributed by atoms with van der Waals surface area (Å²) in [6.45, 7) is 9.63. The Hall–Kier alpha value is -2.24. The molecule has 24 heavy (non-hydrogen) atoms. The second-order valence-corrected chi connectivity index (χ2v) is 6.21. The predicted molar refractivity (Wildman–Crippen MR) is 99.2 cm³/mol. The molecule has 6 nitrogen and oxygen atoms in total. The molecule has 6 heteroatoms. The highest BCUT2D eigenvalue weighted by molar-refractivity contribution is 5.79. The Morgan fingerprint density at radius 1 is 1.38 bits per heavy atom. The zero-order chi connectivity index (χ0) is 17.5. The van der Waals surface area contributed by atoms with Gasteiger partial charge >= 0.3 is 0 Å². The van der Waals surface area contributed by atoms with Gasteiger partial charge in [-0.2, -0.15) is 5.10 Å². The summed E-state index contributed by atoms with van der Waals surface area (Å²) in [6.07, 6.45) is 3.05. The summed E-state index contributed by atoms with van der Waals surface area (Å²) in [6, 6.07) is 6.32. The molecule has 0 unspecified atom stereocenters. The molecule has 132 valence electrons. The molecule has 2 rings (SSSR count). The monoisotopic (exact) mass is 330 g/mol. The van der Waals surface area contributed by atoms with Gasteiger partial charge in [-0.05, 0) is 45.4 Å². The molecular formula is C18H30N6. The molecule has 0 aliphatic heterocycles. The van der Waals surface area contributed by atoms with E-state index in [1.807, 2.05) is 6.92 Å². The summed E-state index contributed by atoms with van der Waals surface area (Å²) < 4.78 is 4.20. The zero-order valence-corrected chi connectivity index (χ0v) is 15.6. The molecule has 0 amide bonds. The van der Waals surface area contributed by atoms with Crippen LogP contribution in [-0.4, -0.2) is 45.3 Å². The topological polar surface area (TPSA) is 50.4 Å². The fourth-order valence-electron chi connectivity index (χ4n) is 2.76. The maximum atomic E-state index is 4.76. The van der Waals surface area contributed by atoms with Crippen LogP contribution in [0.4, 0.5) is 0 Å². The van der Waals surface area contributed by atoms with Gasteiger partial charge in [-0.25, -0.2) is 0 Å². The van der Waals surface area contributed by atoms with Crippen LogP contribution in [0.5, 0.6) is 0 Å². The molecule has 0 aromatic carbocycles. The van der Waals surface area contributed by atoms with Crippen molar-refractivity contribution in [3.8, 4) is 0 Å². The molecule has 0 spiro atoms. The van der Waals surface area contributed by atoms with Crippen molar-refractivity contribution in [1.82, 2.24) is 24.6 Å². The Morgan fingerprint density at radius 3 is 2.75 bits per heavy atom.